The Bertz CT molecular complexity index is 997. The SMILES string of the molecule is C=CC(=O)N1CCC(n2nc(-c3ccc(Cl)cc3)c3c(N)ncnc32)C1. The molecule has 4 rings (SSSR count). The highest BCUT2D eigenvalue weighted by atomic mass is 35.5. The van der Waals surface area contributed by atoms with Crippen LogP contribution in [-0.2, 0) is 4.79 Å². The number of carbonyl (C=O) groups excluding carboxylic acids is 1. The monoisotopic (exact) mass is 368 g/mol. The van der Waals surface area contributed by atoms with Gasteiger partial charge in [-0.15, -0.1) is 0 Å². The maximum Gasteiger partial charge on any atom is 0.246 e. The summed E-state index contributed by atoms with van der Waals surface area (Å²) in [4.78, 5) is 22.2. The summed E-state index contributed by atoms with van der Waals surface area (Å²) in [5, 5.41) is 6.14. The fraction of sp³-hybridized carbons (Fsp3) is 0.222. The normalized spacial score (nSPS) is 17.0. The fourth-order valence-corrected chi connectivity index (χ4v) is 3.46. The number of aromatic nitrogens is 4. The summed E-state index contributed by atoms with van der Waals surface area (Å²) in [6.07, 6.45) is 3.56. The molecule has 1 saturated heterocycles. The molecule has 1 aliphatic heterocycles. The zero-order chi connectivity index (χ0) is 18.3. The third-order valence-electron chi connectivity index (χ3n) is 4.63. The van der Waals surface area contributed by atoms with E-state index in [9.17, 15) is 4.79 Å². The van der Waals surface area contributed by atoms with Gasteiger partial charge in [0, 0.05) is 23.7 Å². The number of amides is 1. The van der Waals surface area contributed by atoms with Crippen LogP contribution in [0.4, 0.5) is 5.82 Å². The van der Waals surface area contributed by atoms with Crippen molar-refractivity contribution < 1.29 is 4.79 Å². The van der Waals surface area contributed by atoms with E-state index in [0.29, 0.717) is 40.7 Å². The molecular weight excluding hydrogens is 352 g/mol. The molecule has 0 saturated carbocycles. The number of hydrogen-bond donors (Lipinski definition) is 1. The highest BCUT2D eigenvalue weighted by molar-refractivity contribution is 6.30. The van der Waals surface area contributed by atoms with Crippen LogP contribution in [0.5, 0.6) is 0 Å². The molecule has 0 radical (unpaired) electrons. The second kappa shape index (κ2) is 6.42. The quantitative estimate of drug-likeness (QED) is 0.718. The molecule has 1 aromatic carbocycles. The number of carbonyl (C=O) groups is 1. The number of hydrogen-bond acceptors (Lipinski definition) is 5. The second-order valence-electron chi connectivity index (χ2n) is 6.19. The predicted molar refractivity (Wildman–Crippen MR) is 101 cm³/mol. The van der Waals surface area contributed by atoms with E-state index < -0.39 is 0 Å². The Hall–Kier alpha value is -2.93. The molecule has 3 aromatic rings. The van der Waals surface area contributed by atoms with Crippen LogP contribution in [0.15, 0.2) is 43.2 Å². The van der Waals surface area contributed by atoms with Crippen LogP contribution in [0.1, 0.15) is 12.5 Å². The van der Waals surface area contributed by atoms with E-state index in [0.717, 1.165) is 12.0 Å². The number of fused-ring (bicyclic) bond motifs is 1. The van der Waals surface area contributed by atoms with Crippen molar-refractivity contribution in [1.82, 2.24) is 24.6 Å². The smallest absolute Gasteiger partial charge is 0.246 e. The minimum Gasteiger partial charge on any atom is -0.383 e. The highest BCUT2D eigenvalue weighted by Crippen LogP contribution is 2.34. The molecule has 0 spiro atoms. The van der Waals surface area contributed by atoms with Crippen LogP contribution in [0.2, 0.25) is 5.02 Å². The first kappa shape index (κ1) is 16.5. The maximum atomic E-state index is 11.9. The molecule has 1 amide bonds. The first-order chi connectivity index (χ1) is 12.6. The van der Waals surface area contributed by atoms with Gasteiger partial charge in [-0.05, 0) is 24.6 Å². The van der Waals surface area contributed by atoms with E-state index in [1.54, 1.807) is 4.90 Å². The third kappa shape index (κ3) is 2.70. The number of benzene rings is 1. The van der Waals surface area contributed by atoms with Crippen molar-refractivity contribution in [2.24, 2.45) is 0 Å². The number of rotatable bonds is 3. The van der Waals surface area contributed by atoms with Crippen molar-refractivity contribution in [3.63, 3.8) is 0 Å². The van der Waals surface area contributed by atoms with Gasteiger partial charge in [-0.25, -0.2) is 14.6 Å². The molecule has 1 unspecified atom stereocenters. The Balaban J connectivity index is 1.82. The number of halogens is 1. The molecule has 2 aromatic heterocycles. The van der Waals surface area contributed by atoms with Crippen molar-refractivity contribution in [3.8, 4) is 11.3 Å². The van der Waals surface area contributed by atoms with Gasteiger partial charge in [0.25, 0.3) is 0 Å². The molecule has 1 fully saturated rings. The first-order valence-corrected chi connectivity index (χ1v) is 8.62. The predicted octanol–water partition coefficient (Wildman–Crippen LogP) is 2.69. The molecule has 26 heavy (non-hydrogen) atoms. The van der Waals surface area contributed by atoms with Gasteiger partial charge in [-0.1, -0.05) is 30.3 Å². The van der Waals surface area contributed by atoms with Crippen molar-refractivity contribution >= 4 is 34.4 Å². The lowest BCUT2D eigenvalue weighted by molar-refractivity contribution is -0.125. The van der Waals surface area contributed by atoms with Gasteiger partial charge in [0.05, 0.1) is 11.4 Å². The van der Waals surface area contributed by atoms with Crippen LogP contribution < -0.4 is 5.73 Å². The Morgan fingerprint density at radius 3 is 2.81 bits per heavy atom. The lowest BCUT2D eigenvalue weighted by Gasteiger charge is -2.14. The molecule has 7 nitrogen and oxygen atoms in total. The highest BCUT2D eigenvalue weighted by Gasteiger charge is 2.29. The summed E-state index contributed by atoms with van der Waals surface area (Å²) in [5.41, 5.74) is 8.39. The Kier molecular flexibility index (Phi) is 4.08. The summed E-state index contributed by atoms with van der Waals surface area (Å²) in [7, 11) is 0. The summed E-state index contributed by atoms with van der Waals surface area (Å²) in [6.45, 7) is 4.78. The molecule has 8 heteroatoms. The summed E-state index contributed by atoms with van der Waals surface area (Å²) in [6, 6.07) is 7.42. The fourth-order valence-electron chi connectivity index (χ4n) is 3.33. The van der Waals surface area contributed by atoms with E-state index in [2.05, 4.69) is 16.5 Å². The molecule has 0 aliphatic carbocycles. The Morgan fingerprint density at radius 2 is 2.08 bits per heavy atom. The standard InChI is InChI=1S/C18H17ClN6O/c1-2-14(26)24-8-7-13(9-24)25-18-15(17(20)21-10-22-18)16(23-25)11-3-5-12(19)6-4-11/h2-6,10,13H,1,7-9H2,(H2,20,21,22). The van der Waals surface area contributed by atoms with Crippen molar-refractivity contribution in [1.29, 1.82) is 0 Å². The Labute approximate surface area is 155 Å². The van der Waals surface area contributed by atoms with E-state index in [1.807, 2.05) is 28.9 Å². The number of likely N-dealkylation sites (tertiary alicyclic amines) is 1. The van der Waals surface area contributed by atoms with Gasteiger partial charge in [-0.3, -0.25) is 4.79 Å². The average molecular weight is 369 g/mol. The lowest BCUT2D eigenvalue weighted by atomic mass is 10.1. The van der Waals surface area contributed by atoms with Crippen LogP contribution >= 0.6 is 11.6 Å². The Morgan fingerprint density at radius 1 is 1.31 bits per heavy atom. The topological polar surface area (TPSA) is 89.9 Å². The molecule has 1 atom stereocenters. The van der Waals surface area contributed by atoms with Crippen LogP contribution in [-0.4, -0.2) is 43.6 Å². The third-order valence-corrected chi connectivity index (χ3v) is 4.88. The van der Waals surface area contributed by atoms with E-state index in [-0.39, 0.29) is 11.9 Å². The molecule has 3 heterocycles. The van der Waals surface area contributed by atoms with Crippen LogP contribution in [0, 0.1) is 0 Å². The van der Waals surface area contributed by atoms with Crippen LogP contribution in [0.25, 0.3) is 22.3 Å². The van der Waals surface area contributed by atoms with E-state index >= 15 is 0 Å². The molecule has 1 aliphatic rings. The molecular formula is C18H17ClN6O. The van der Waals surface area contributed by atoms with Gasteiger partial charge in [-0.2, -0.15) is 5.10 Å². The summed E-state index contributed by atoms with van der Waals surface area (Å²) in [5.74, 6) is 0.305. The first-order valence-electron chi connectivity index (χ1n) is 8.24. The zero-order valence-corrected chi connectivity index (χ0v) is 14.7. The van der Waals surface area contributed by atoms with Crippen molar-refractivity contribution in [3.05, 3.63) is 48.3 Å². The van der Waals surface area contributed by atoms with Gasteiger partial charge < -0.3 is 10.6 Å². The summed E-state index contributed by atoms with van der Waals surface area (Å²) < 4.78 is 1.85. The minimum atomic E-state index is -0.0731. The van der Waals surface area contributed by atoms with Gasteiger partial charge in [0.1, 0.15) is 17.8 Å². The summed E-state index contributed by atoms with van der Waals surface area (Å²) >= 11 is 6.00. The van der Waals surface area contributed by atoms with Gasteiger partial charge >= 0.3 is 0 Å². The van der Waals surface area contributed by atoms with Crippen molar-refractivity contribution in [2.75, 3.05) is 18.8 Å². The number of nitrogen functional groups attached to an aromatic ring is 1. The molecule has 2 N–H and O–H groups in total. The van der Waals surface area contributed by atoms with Crippen LogP contribution in [0.3, 0.4) is 0 Å². The number of nitrogens with zero attached hydrogens (tertiary/aromatic N) is 5. The number of nitrogens with two attached hydrogens (primary N) is 1. The van der Waals surface area contributed by atoms with Gasteiger partial charge in [0.2, 0.25) is 5.91 Å². The second-order valence-corrected chi connectivity index (χ2v) is 6.62. The van der Waals surface area contributed by atoms with Crippen molar-refractivity contribution in [2.45, 2.75) is 12.5 Å². The average Bonchev–Trinajstić information content (AvgIpc) is 3.27. The van der Waals surface area contributed by atoms with E-state index in [4.69, 9.17) is 22.4 Å². The lowest BCUT2D eigenvalue weighted by Crippen LogP contribution is -2.27. The molecule has 132 valence electrons. The zero-order valence-electron chi connectivity index (χ0n) is 14.0. The number of anilines is 1. The maximum absolute atomic E-state index is 11.9. The van der Waals surface area contributed by atoms with E-state index in [1.165, 1.54) is 12.4 Å². The minimum absolute atomic E-state index is 0.0248. The van der Waals surface area contributed by atoms with Gasteiger partial charge in [0.15, 0.2) is 5.65 Å². The largest absolute Gasteiger partial charge is 0.383 e. The molecule has 0 bridgehead atoms.